The minimum absolute atomic E-state index is 0.240. The first-order valence-corrected chi connectivity index (χ1v) is 5.30. The van der Waals surface area contributed by atoms with E-state index < -0.39 is 0 Å². The van der Waals surface area contributed by atoms with E-state index in [1.807, 2.05) is 0 Å². The zero-order chi connectivity index (χ0) is 12.1. The molecule has 1 rings (SSSR count). The summed E-state index contributed by atoms with van der Waals surface area (Å²) in [7, 11) is 0. The number of nitrogens with one attached hydrogen (secondary N) is 1. The fraction of sp³-hybridized carbons (Fsp3) is 0.909. The molecule has 0 spiro atoms. The van der Waals surface area contributed by atoms with Gasteiger partial charge >= 0.3 is 0 Å². The predicted molar refractivity (Wildman–Crippen MR) is 62.5 cm³/mol. The second-order valence-electron chi connectivity index (χ2n) is 6.57. The SMILES string of the molecule is CC(C)(C)C.CC(C)(C)Cc1nn[nH]n1. The lowest BCUT2D eigenvalue weighted by Gasteiger charge is -2.14. The average molecular weight is 212 g/mol. The van der Waals surface area contributed by atoms with Crippen LogP contribution in [0.3, 0.4) is 0 Å². The van der Waals surface area contributed by atoms with Crippen molar-refractivity contribution in [3.8, 4) is 0 Å². The second kappa shape index (κ2) is 5.24. The molecular formula is C11H24N4. The number of nitrogens with zero attached hydrogens (tertiary/aromatic N) is 3. The molecule has 0 aliphatic carbocycles. The summed E-state index contributed by atoms with van der Waals surface area (Å²) in [4.78, 5) is 0. The van der Waals surface area contributed by atoms with Gasteiger partial charge < -0.3 is 0 Å². The van der Waals surface area contributed by atoms with Crippen LogP contribution in [-0.2, 0) is 6.42 Å². The Morgan fingerprint density at radius 3 is 1.73 bits per heavy atom. The largest absolute Gasteiger partial charge is 0.177 e. The minimum Gasteiger partial charge on any atom is -0.177 e. The lowest BCUT2D eigenvalue weighted by molar-refractivity contribution is 0.401. The van der Waals surface area contributed by atoms with Crippen LogP contribution in [0.5, 0.6) is 0 Å². The van der Waals surface area contributed by atoms with Crippen molar-refractivity contribution < 1.29 is 0 Å². The van der Waals surface area contributed by atoms with E-state index in [4.69, 9.17) is 0 Å². The van der Waals surface area contributed by atoms with E-state index in [1.54, 1.807) is 0 Å². The first kappa shape index (κ1) is 14.1. The van der Waals surface area contributed by atoms with Crippen molar-refractivity contribution in [1.82, 2.24) is 20.6 Å². The molecule has 0 radical (unpaired) electrons. The number of H-pyrrole nitrogens is 1. The summed E-state index contributed by atoms with van der Waals surface area (Å²) in [5.41, 5.74) is 0.740. The molecule has 1 aromatic heterocycles. The highest BCUT2D eigenvalue weighted by molar-refractivity contribution is 4.82. The normalized spacial score (nSPS) is 11.9. The monoisotopic (exact) mass is 212 g/mol. The van der Waals surface area contributed by atoms with Gasteiger partial charge in [0.1, 0.15) is 0 Å². The first-order valence-electron chi connectivity index (χ1n) is 5.30. The van der Waals surface area contributed by atoms with E-state index in [1.165, 1.54) is 0 Å². The molecule has 0 saturated carbocycles. The summed E-state index contributed by atoms with van der Waals surface area (Å²) in [6.07, 6.45) is 0.865. The third kappa shape index (κ3) is 13.1. The number of rotatable bonds is 1. The van der Waals surface area contributed by atoms with Crippen LogP contribution < -0.4 is 0 Å². The molecular weight excluding hydrogens is 188 g/mol. The van der Waals surface area contributed by atoms with E-state index >= 15 is 0 Å². The van der Waals surface area contributed by atoms with Gasteiger partial charge in [-0.05, 0) is 10.8 Å². The molecule has 0 saturated heterocycles. The Morgan fingerprint density at radius 2 is 1.47 bits per heavy atom. The first-order chi connectivity index (χ1) is 6.58. The van der Waals surface area contributed by atoms with E-state index in [-0.39, 0.29) is 5.41 Å². The molecule has 0 aliphatic heterocycles. The van der Waals surface area contributed by atoms with Crippen LogP contribution in [0.2, 0.25) is 0 Å². The van der Waals surface area contributed by atoms with Gasteiger partial charge in [-0.1, -0.05) is 53.7 Å². The number of hydrogen-bond acceptors (Lipinski definition) is 3. The lowest BCUT2D eigenvalue weighted by atomic mass is 9.92. The molecule has 0 atom stereocenters. The Hall–Kier alpha value is -0.930. The number of aromatic amines is 1. The van der Waals surface area contributed by atoms with E-state index in [2.05, 4.69) is 69.1 Å². The molecule has 0 aliphatic rings. The van der Waals surface area contributed by atoms with Gasteiger partial charge in [0.15, 0.2) is 5.82 Å². The Balaban J connectivity index is 0.000000336. The average Bonchev–Trinajstić information content (AvgIpc) is 2.30. The van der Waals surface area contributed by atoms with Crippen molar-refractivity contribution >= 4 is 0 Å². The van der Waals surface area contributed by atoms with Crippen LogP contribution in [0, 0.1) is 10.8 Å². The van der Waals surface area contributed by atoms with Crippen molar-refractivity contribution in [3.63, 3.8) is 0 Å². The predicted octanol–water partition coefficient (Wildman–Crippen LogP) is 2.84. The Morgan fingerprint density at radius 1 is 1.00 bits per heavy atom. The molecule has 0 bridgehead atoms. The molecule has 4 nitrogen and oxygen atoms in total. The lowest BCUT2D eigenvalue weighted by Crippen LogP contribution is -2.10. The van der Waals surface area contributed by atoms with Crippen molar-refractivity contribution in [2.24, 2.45) is 10.8 Å². The van der Waals surface area contributed by atoms with Crippen LogP contribution in [0.4, 0.5) is 0 Å². The van der Waals surface area contributed by atoms with Gasteiger partial charge in [-0.3, -0.25) is 0 Å². The number of tetrazole rings is 1. The molecule has 15 heavy (non-hydrogen) atoms. The third-order valence-electron chi connectivity index (χ3n) is 1.08. The van der Waals surface area contributed by atoms with Crippen LogP contribution >= 0.6 is 0 Å². The smallest absolute Gasteiger partial charge is 0.175 e. The van der Waals surface area contributed by atoms with Crippen molar-refractivity contribution in [1.29, 1.82) is 0 Å². The molecule has 1 N–H and O–H groups in total. The van der Waals surface area contributed by atoms with Gasteiger partial charge in [-0.15, -0.1) is 10.2 Å². The Bertz CT molecular complexity index is 245. The van der Waals surface area contributed by atoms with Gasteiger partial charge in [0, 0.05) is 6.42 Å². The maximum Gasteiger partial charge on any atom is 0.175 e. The molecule has 0 amide bonds. The summed E-state index contributed by atoms with van der Waals surface area (Å²) in [5.74, 6) is 0.785. The van der Waals surface area contributed by atoms with Crippen LogP contribution in [-0.4, -0.2) is 20.6 Å². The van der Waals surface area contributed by atoms with Gasteiger partial charge in [0.25, 0.3) is 0 Å². The topological polar surface area (TPSA) is 54.5 Å². The fourth-order valence-electron chi connectivity index (χ4n) is 0.732. The molecule has 4 heteroatoms. The highest BCUT2D eigenvalue weighted by Gasteiger charge is 2.13. The fourth-order valence-corrected chi connectivity index (χ4v) is 0.732. The Kier molecular flexibility index (Phi) is 4.91. The van der Waals surface area contributed by atoms with E-state index in [0.29, 0.717) is 5.41 Å². The highest BCUT2D eigenvalue weighted by Crippen LogP contribution is 2.16. The standard InChI is InChI=1S/C6H12N4.C5H12/c1-6(2,3)4-5-7-9-10-8-5;1-5(2,3)4/h4H2,1-3H3,(H,7,8,9,10);1-4H3. The number of aromatic nitrogens is 4. The third-order valence-corrected chi connectivity index (χ3v) is 1.08. The summed E-state index contributed by atoms with van der Waals surface area (Å²) in [5, 5.41) is 13.6. The molecule has 0 unspecified atom stereocenters. The van der Waals surface area contributed by atoms with Crippen molar-refractivity contribution in [3.05, 3.63) is 5.82 Å². The number of hydrogen-bond donors (Lipinski definition) is 1. The second-order valence-corrected chi connectivity index (χ2v) is 6.57. The molecule has 0 fully saturated rings. The zero-order valence-corrected chi connectivity index (χ0v) is 11.0. The van der Waals surface area contributed by atoms with Crippen molar-refractivity contribution in [2.45, 2.75) is 54.9 Å². The van der Waals surface area contributed by atoms with Gasteiger partial charge in [-0.2, -0.15) is 5.21 Å². The van der Waals surface area contributed by atoms with Gasteiger partial charge in [-0.25, -0.2) is 0 Å². The summed E-state index contributed by atoms with van der Waals surface area (Å²) in [6, 6.07) is 0. The maximum atomic E-state index is 3.85. The summed E-state index contributed by atoms with van der Waals surface area (Å²) < 4.78 is 0. The van der Waals surface area contributed by atoms with E-state index in [0.717, 1.165) is 12.2 Å². The summed E-state index contributed by atoms with van der Waals surface area (Å²) >= 11 is 0. The molecule has 1 aromatic rings. The minimum atomic E-state index is 0.240. The zero-order valence-electron chi connectivity index (χ0n) is 11.0. The van der Waals surface area contributed by atoms with Gasteiger partial charge in [0.05, 0.1) is 0 Å². The maximum absolute atomic E-state index is 3.85. The molecule has 88 valence electrons. The van der Waals surface area contributed by atoms with Crippen molar-refractivity contribution in [2.75, 3.05) is 0 Å². The van der Waals surface area contributed by atoms with E-state index in [9.17, 15) is 0 Å². The van der Waals surface area contributed by atoms with Crippen LogP contribution in [0.25, 0.3) is 0 Å². The summed E-state index contributed by atoms with van der Waals surface area (Å²) in [6.45, 7) is 15.2. The quantitative estimate of drug-likeness (QED) is 0.778. The van der Waals surface area contributed by atoms with Crippen LogP contribution in [0.1, 0.15) is 54.3 Å². The van der Waals surface area contributed by atoms with Crippen LogP contribution in [0.15, 0.2) is 0 Å². The molecule has 1 heterocycles. The molecule has 0 aromatic carbocycles. The Labute approximate surface area is 92.9 Å². The van der Waals surface area contributed by atoms with Gasteiger partial charge in [0.2, 0.25) is 0 Å². The highest BCUT2D eigenvalue weighted by atomic mass is 15.5.